The number of sulfone groups is 1. The van der Waals surface area contributed by atoms with Gasteiger partial charge in [-0.2, -0.15) is 0 Å². The highest BCUT2D eigenvalue weighted by Gasteiger charge is 2.34. The standard InChI is InChI=1S/C23H31NO3S/c1-5-24(16-19-10-13-23(28(4,25)26)22(15-19)27-3)21(20-11-12-20)14-18-8-6-17(2)7-9-18/h6-10,13,15,20-21H,5,11-12,14,16H2,1-4H3/t21-/m0/s1. The van der Waals surface area contributed by atoms with E-state index >= 15 is 0 Å². The molecule has 1 atom stereocenters. The van der Waals surface area contributed by atoms with Crippen molar-refractivity contribution in [2.45, 2.75) is 50.6 Å². The maximum atomic E-state index is 11.9. The van der Waals surface area contributed by atoms with Crippen LogP contribution < -0.4 is 4.74 Å². The summed E-state index contributed by atoms with van der Waals surface area (Å²) >= 11 is 0. The summed E-state index contributed by atoms with van der Waals surface area (Å²) in [7, 11) is -1.78. The first-order valence-electron chi connectivity index (χ1n) is 9.98. The zero-order chi connectivity index (χ0) is 20.3. The lowest BCUT2D eigenvalue weighted by atomic mass is 9.99. The summed E-state index contributed by atoms with van der Waals surface area (Å²) in [5.74, 6) is 1.18. The Labute approximate surface area is 169 Å². The summed E-state index contributed by atoms with van der Waals surface area (Å²) in [6.45, 7) is 6.08. The number of ether oxygens (including phenoxy) is 1. The van der Waals surface area contributed by atoms with Gasteiger partial charge in [-0.05, 0) is 61.9 Å². The molecule has 1 fully saturated rings. The minimum atomic E-state index is -3.30. The van der Waals surface area contributed by atoms with Crippen molar-refractivity contribution < 1.29 is 13.2 Å². The number of hydrogen-bond donors (Lipinski definition) is 0. The molecule has 0 aliphatic heterocycles. The highest BCUT2D eigenvalue weighted by Crippen LogP contribution is 2.38. The Morgan fingerprint density at radius 3 is 2.29 bits per heavy atom. The first-order chi connectivity index (χ1) is 13.3. The number of rotatable bonds is 9. The van der Waals surface area contributed by atoms with Gasteiger partial charge in [-0.15, -0.1) is 0 Å². The molecule has 1 aliphatic rings. The monoisotopic (exact) mass is 401 g/mol. The van der Waals surface area contributed by atoms with E-state index in [4.69, 9.17) is 4.74 Å². The molecule has 0 radical (unpaired) electrons. The van der Waals surface area contributed by atoms with E-state index in [1.165, 1.54) is 37.3 Å². The number of hydrogen-bond acceptors (Lipinski definition) is 4. The molecular weight excluding hydrogens is 370 g/mol. The minimum absolute atomic E-state index is 0.250. The molecule has 0 bridgehead atoms. The van der Waals surface area contributed by atoms with E-state index in [1.54, 1.807) is 6.07 Å². The van der Waals surface area contributed by atoms with Gasteiger partial charge in [0, 0.05) is 18.8 Å². The van der Waals surface area contributed by atoms with Crippen LogP contribution in [-0.2, 0) is 22.8 Å². The van der Waals surface area contributed by atoms with Gasteiger partial charge < -0.3 is 4.74 Å². The predicted octanol–water partition coefficient (Wildman–Crippen LogP) is 4.25. The molecule has 0 aromatic heterocycles. The van der Waals surface area contributed by atoms with E-state index in [1.807, 2.05) is 12.1 Å². The number of nitrogens with zero attached hydrogens (tertiary/aromatic N) is 1. The summed E-state index contributed by atoms with van der Waals surface area (Å²) < 4.78 is 29.2. The predicted molar refractivity (Wildman–Crippen MR) is 114 cm³/mol. The Morgan fingerprint density at radius 2 is 1.75 bits per heavy atom. The minimum Gasteiger partial charge on any atom is -0.495 e. The fourth-order valence-electron chi connectivity index (χ4n) is 3.86. The van der Waals surface area contributed by atoms with Crippen molar-refractivity contribution in [2.75, 3.05) is 19.9 Å². The van der Waals surface area contributed by atoms with E-state index in [9.17, 15) is 8.42 Å². The second-order valence-corrected chi connectivity index (χ2v) is 9.90. The third-order valence-corrected chi connectivity index (χ3v) is 6.76. The highest BCUT2D eigenvalue weighted by molar-refractivity contribution is 7.90. The van der Waals surface area contributed by atoms with Crippen molar-refractivity contribution >= 4 is 9.84 Å². The number of methoxy groups -OCH3 is 1. The molecule has 3 rings (SSSR count). The van der Waals surface area contributed by atoms with Crippen LogP contribution in [0.4, 0.5) is 0 Å². The quantitative estimate of drug-likeness (QED) is 0.630. The summed E-state index contributed by atoms with van der Waals surface area (Å²) in [6, 6.07) is 14.8. The smallest absolute Gasteiger partial charge is 0.179 e. The first kappa shape index (κ1) is 20.9. The molecular formula is C23H31NO3S. The summed E-state index contributed by atoms with van der Waals surface area (Å²) in [5, 5.41) is 0. The molecule has 152 valence electrons. The van der Waals surface area contributed by atoms with Gasteiger partial charge in [-0.1, -0.05) is 42.8 Å². The van der Waals surface area contributed by atoms with Crippen LogP contribution in [0.25, 0.3) is 0 Å². The Morgan fingerprint density at radius 1 is 1.11 bits per heavy atom. The van der Waals surface area contributed by atoms with Gasteiger partial charge in [-0.3, -0.25) is 4.90 Å². The lowest BCUT2D eigenvalue weighted by molar-refractivity contribution is 0.175. The molecule has 28 heavy (non-hydrogen) atoms. The molecule has 0 amide bonds. The normalized spacial score (nSPS) is 15.6. The molecule has 0 spiro atoms. The summed E-state index contributed by atoms with van der Waals surface area (Å²) in [6.07, 6.45) is 4.86. The molecule has 0 saturated heterocycles. The van der Waals surface area contributed by atoms with Crippen LogP contribution >= 0.6 is 0 Å². The summed E-state index contributed by atoms with van der Waals surface area (Å²) in [5.41, 5.74) is 3.75. The third-order valence-electron chi connectivity index (χ3n) is 5.62. The Kier molecular flexibility index (Phi) is 6.46. The molecule has 1 aliphatic carbocycles. The number of likely N-dealkylation sites (N-methyl/N-ethyl adjacent to an activating group) is 1. The fourth-order valence-corrected chi connectivity index (χ4v) is 4.68. The maximum absolute atomic E-state index is 11.9. The van der Waals surface area contributed by atoms with Crippen LogP contribution in [0.5, 0.6) is 5.75 Å². The van der Waals surface area contributed by atoms with Crippen molar-refractivity contribution in [2.24, 2.45) is 5.92 Å². The van der Waals surface area contributed by atoms with Crippen LogP contribution in [0.1, 0.15) is 36.5 Å². The van der Waals surface area contributed by atoms with E-state index in [-0.39, 0.29) is 4.90 Å². The Hall–Kier alpha value is -1.85. The van der Waals surface area contributed by atoms with Gasteiger partial charge in [0.05, 0.1) is 7.11 Å². The molecule has 2 aromatic carbocycles. The molecule has 5 heteroatoms. The van der Waals surface area contributed by atoms with Gasteiger partial charge in [0.2, 0.25) is 0 Å². The second-order valence-electron chi connectivity index (χ2n) is 7.91. The van der Waals surface area contributed by atoms with Crippen molar-refractivity contribution in [3.05, 3.63) is 59.2 Å². The Balaban J connectivity index is 1.80. The fraction of sp³-hybridized carbons (Fsp3) is 0.478. The van der Waals surface area contributed by atoms with Crippen LogP contribution in [0.2, 0.25) is 0 Å². The van der Waals surface area contributed by atoms with Crippen LogP contribution in [-0.4, -0.2) is 39.3 Å². The zero-order valence-electron chi connectivity index (χ0n) is 17.3. The average molecular weight is 402 g/mol. The SMILES string of the molecule is CCN(Cc1ccc(S(C)(=O)=O)c(OC)c1)[C@@H](Cc1ccc(C)cc1)C1CC1. The summed E-state index contributed by atoms with van der Waals surface area (Å²) in [4.78, 5) is 2.77. The van der Waals surface area contributed by atoms with Gasteiger partial charge >= 0.3 is 0 Å². The lowest BCUT2D eigenvalue weighted by Crippen LogP contribution is -2.38. The maximum Gasteiger partial charge on any atom is 0.179 e. The van der Waals surface area contributed by atoms with Gasteiger partial charge in [-0.25, -0.2) is 8.42 Å². The topological polar surface area (TPSA) is 46.6 Å². The highest BCUT2D eigenvalue weighted by atomic mass is 32.2. The second kappa shape index (κ2) is 8.66. The van der Waals surface area contributed by atoms with Gasteiger partial charge in [0.1, 0.15) is 10.6 Å². The number of benzene rings is 2. The molecule has 1 saturated carbocycles. The first-order valence-corrected chi connectivity index (χ1v) is 11.9. The largest absolute Gasteiger partial charge is 0.495 e. The Bertz CT molecular complexity index is 902. The van der Waals surface area contributed by atoms with Crippen molar-refractivity contribution in [3.63, 3.8) is 0 Å². The van der Waals surface area contributed by atoms with Crippen LogP contribution in [0.3, 0.4) is 0 Å². The molecule has 2 aromatic rings. The molecule has 4 nitrogen and oxygen atoms in total. The lowest BCUT2D eigenvalue weighted by Gasteiger charge is -2.31. The average Bonchev–Trinajstić information content (AvgIpc) is 3.50. The van der Waals surface area contributed by atoms with E-state index in [0.29, 0.717) is 11.8 Å². The third kappa shape index (κ3) is 5.15. The molecule has 0 unspecified atom stereocenters. The zero-order valence-corrected chi connectivity index (χ0v) is 18.1. The van der Waals surface area contributed by atoms with E-state index in [0.717, 1.165) is 31.0 Å². The van der Waals surface area contributed by atoms with Crippen LogP contribution in [0, 0.1) is 12.8 Å². The van der Waals surface area contributed by atoms with Crippen molar-refractivity contribution in [1.29, 1.82) is 0 Å². The number of aryl methyl sites for hydroxylation is 1. The van der Waals surface area contributed by atoms with Crippen LogP contribution in [0.15, 0.2) is 47.4 Å². The van der Waals surface area contributed by atoms with E-state index < -0.39 is 9.84 Å². The molecule has 0 heterocycles. The van der Waals surface area contributed by atoms with Crippen molar-refractivity contribution in [1.82, 2.24) is 4.90 Å². The van der Waals surface area contributed by atoms with Crippen molar-refractivity contribution in [3.8, 4) is 5.75 Å². The van der Waals surface area contributed by atoms with Gasteiger partial charge in [0.15, 0.2) is 9.84 Å². The van der Waals surface area contributed by atoms with Gasteiger partial charge in [0.25, 0.3) is 0 Å². The van der Waals surface area contributed by atoms with E-state index in [2.05, 4.69) is 43.0 Å². The molecule has 0 N–H and O–H groups in total.